The summed E-state index contributed by atoms with van der Waals surface area (Å²) in [6.07, 6.45) is 0.288. The molecule has 0 spiro atoms. The lowest BCUT2D eigenvalue weighted by atomic mass is 10.2. The van der Waals surface area contributed by atoms with Gasteiger partial charge in [-0.15, -0.1) is 0 Å². The van der Waals surface area contributed by atoms with Gasteiger partial charge in [-0.05, 0) is 18.2 Å². The van der Waals surface area contributed by atoms with Crippen molar-refractivity contribution in [3.8, 4) is 11.8 Å². The minimum absolute atomic E-state index is 0.0816. The molecule has 114 valence electrons. The lowest BCUT2D eigenvalue weighted by molar-refractivity contribution is -0.123. The van der Waals surface area contributed by atoms with Gasteiger partial charge in [0.25, 0.3) is 5.91 Å². The van der Waals surface area contributed by atoms with Gasteiger partial charge in [0.15, 0.2) is 6.61 Å². The Morgan fingerprint density at radius 2 is 2.24 bits per heavy atom. The average molecular weight is 310 g/mol. The highest BCUT2D eigenvalue weighted by atomic mass is 35.5. The molecule has 0 aliphatic rings. The Kier molecular flexibility index (Phi) is 7.59. The quantitative estimate of drug-likeness (QED) is 0.722. The fraction of sp³-hybridized carbons (Fsp3) is 0.467. The fourth-order valence-corrected chi connectivity index (χ4v) is 1.79. The summed E-state index contributed by atoms with van der Waals surface area (Å²) in [5, 5.41) is 14.9. The zero-order chi connectivity index (χ0) is 15.7. The summed E-state index contributed by atoms with van der Waals surface area (Å²) >= 11 is 5.99. The Hall–Kier alpha value is -1.77. The zero-order valence-corrected chi connectivity index (χ0v) is 13.0. The number of benzene rings is 1. The van der Waals surface area contributed by atoms with Gasteiger partial charge in [-0.2, -0.15) is 5.26 Å². The van der Waals surface area contributed by atoms with Crippen molar-refractivity contribution in [2.45, 2.75) is 32.9 Å². The Morgan fingerprint density at radius 1 is 1.48 bits per heavy atom. The normalized spacial score (nSPS) is 10.2. The molecule has 6 heteroatoms. The molecule has 0 radical (unpaired) electrons. The van der Waals surface area contributed by atoms with Gasteiger partial charge in [-0.1, -0.05) is 25.4 Å². The van der Waals surface area contributed by atoms with Crippen LogP contribution in [0.3, 0.4) is 0 Å². The van der Waals surface area contributed by atoms with Crippen LogP contribution < -0.4 is 15.4 Å². The van der Waals surface area contributed by atoms with Crippen molar-refractivity contribution in [2.75, 3.05) is 13.2 Å². The van der Waals surface area contributed by atoms with E-state index in [4.69, 9.17) is 21.6 Å². The van der Waals surface area contributed by atoms with Gasteiger partial charge in [0, 0.05) is 29.7 Å². The number of nitrogens with zero attached hydrogens (tertiary/aromatic N) is 1. The number of halogens is 1. The Balaban J connectivity index is 2.57. The minimum Gasteiger partial charge on any atom is -0.483 e. The summed E-state index contributed by atoms with van der Waals surface area (Å²) < 4.78 is 5.52. The molecule has 0 atom stereocenters. The number of amides is 1. The first-order valence-corrected chi connectivity index (χ1v) is 7.19. The number of carbonyl (C=O) groups excluding carboxylic acids is 1. The summed E-state index contributed by atoms with van der Waals surface area (Å²) in [4.78, 5) is 11.5. The molecular formula is C15H20ClN3O2. The van der Waals surface area contributed by atoms with E-state index in [0.29, 0.717) is 29.9 Å². The maximum Gasteiger partial charge on any atom is 0.257 e. The highest BCUT2D eigenvalue weighted by Gasteiger charge is 2.08. The second-order valence-corrected chi connectivity index (χ2v) is 5.27. The third-order valence-corrected chi connectivity index (χ3v) is 2.88. The second kappa shape index (κ2) is 9.22. The highest BCUT2D eigenvalue weighted by Crippen LogP contribution is 2.23. The molecule has 0 aromatic heterocycles. The van der Waals surface area contributed by atoms with Gasteiger partial charge >= 0.3 is 0 Å². The van der Waals surface area contributed by atoms with Crippen molar-refractivity contribution < 1.29 is 9.53 Å². The third-order valence-electron chi connectivity index (χ3n) is 2.64. The van der Waals surface area contributed by atoms with Crippen LogP contribution in [0.5, 0.6) is 5.75 Å². The molecule has 0 fully saturated rings. The topological polar surface area (TPSA) is 74.2 Å². The summed E-state index contributed by atoms with van der Waals surface area (Å²) in [5.74, 6) is 0.381. The molecule has 0 aliphatic carbocycles. The van der Waals surface area contributed by atoms with Crippen molar-refractivity contribution in [2.24, 2.45) is 0 Å². The Morgan fingerprint density at radius 3 is 2.90 bits per heavy atom. The van der Waals surface area contributed by atoms with Crippen molar-refractivity contribution in [1.29, 1.82) is 5.26 Å². The summed E-state index contributed by atoms with van der Waals surface area (Å²) in [7, 11) is 0. The highest BCUT2D eigenvalue weighted by molar-refractivity contribution is 6.30. The predicted octanol–water partition coefficient (Wildman–Crippen LogP) is 2.25. The number of carbonyl (C=O) groups is 1. The van der Waals surface area contributed by atoms with E-state index >= 15 is 0 Å². The maximum atomic E-state index is 11.5. The number of hydrogen-bond donors (Lipinski definition) is 2. The van der Waals surface area contributed by atoms with Crippen LogP contribution >= 0.6 is 11.6 Å². The van der Waals surface area contributed by atoms with Crippen LogP contribution in [0, 0.1) is 11.3 Å². The van der Waals surface area contributed by atoms with E-state index in [0.717, 1.165) is 5.56 Å². The molecule has 0 saturated heterocycles. The van der Waals surface area contributed by atoms with Crippen LogP contribution in [0.2, 0.25) is 5.02 Å². The number of rotatable bonds is 8. The van der Waals surface area contributed by atoms with Gasteiger partial charge in [0.05, 0.1) is 12.5 Å². The van der Waals surface area contributed by atoms with E-state index in [1.165, 1.54) is 0 Å². The van der Waals surface area contributed by atoms with E-state index in [9.17, 15) is 4.79 Å². The average Bonchev–Trinajstić information content (AvgIpc) is 2.44. The Bertz CT molecular complexity index is 512. The largest absolute Gasteiger partial charge is 0.483 e. The van der Waals surface area contributed by atoms with Gasteiger partial charge in [0.1, 0.15) is 5.75 Å². The van der Waals surface area contributed by atoms with E-state index in [2.05, 4.69) is 10.6 Å². The first kappa shape index (κ1) is 17.3. The molecule has 0 bridgehead atoms. The van der Waals surface area contributed by atoms with Crippen molar-refractivity contribution in [3.05, 3.63) is 28.8 Å². The molecule has 21 heavy (non-hydrogen) atoms. The molecular weight excluding hydrogens is 290 g/mol. The number of hydrogen-bond acceptors (Lipinski definition) is 4. The summed E-state index contributed by atoms with van der Waals surface area (Å²) in [6, 6.07) is 7.60. The minimum atomic E-state index is -0.247. The van der Waals surface area contributed by atoms with E-state index in [1.807, 2.05) is 26.0 Å². The van der Waals surface area contributed by atoms with Crippen LogP contribution in [0.1, 0.15) is 25.8 Å². The molecule has 1 aromatic carbocycles. The first-order chi connectivity index (χ1) is 10.0. The van der Waals surface area contributed by atoms with Gasteiger partial charge in [-0.3, -0.25) is 4.79 Å². The second-order valence-electron chi connectivity index (χ2n) is 4.83. The first-order valence-electron chi connectivity index (χ1n) is 6.81. The molecule has 1 rings (SSSR count). The maximum absolute atomic E-state index is 11.5. The predicted molar refractivity (Wildman–Crippen MR) is 82.2 cm³/mol. The van der Waals surface area contributed by atoms with Crippen LogP contribution in [-0.2, 0) is 11.3 Å². The lowest BCUT2D eigenvalue weighted by Gasteiger charge is -2.14. The van der Waals surface area contributed by atoms with Crippen molar-refractivity contribution in [1.82, 2.24) is 10.6 Å². The molecule has 1 aromatic rings. The zero-order valence-electron chi connectivity index (χ0n) is 12.3. The number of ether oxygens (including phenoxy) is 1. The monoisotopic (exact) mass is 309 g/mol. The summed E-state index contributed by atoms with van der Waals surface area (Å²) in [6.45, 7) is 4.97. The molecule has 0 heterocycles. The number of nitrogens with one attached hydrogen (secondary N) is 2. The van der Waals surface area contributed by atoms with Gasteiger partial charge in [-0.25, -0.2) is 0 Å². The Labute approximate surface area is 130 Å². The molecule has 0 saturated carbocycles. The van der Waals surface area contributed by atoms with Crippen LogP contribution in [0.4, 0.5) is 0 Å². The standard InChI is InChI=1S/C15H20ClN3O2/c1-11(2)19-9-12-8-13(16)4-5-14(12)21-10-15(20)18-7-3-6-17/h4-5,8,11,19H,3,7,9-10H2,1-2H3,(H,18,20). The molecule has 0 aliphatic heterocycles. The molecule has 2 N–H and O–H groups in total. The van der Waals surface area contributed by atoms with Crippen LogP contribution in [0.15, 0.2) is 18.2 Å². The van der Waals surface area contributed by atoms with E-state index in [1.54, 1.807) is 12.1 Å². The third kappa shape index (κ3) is 6.98. The van der Waals surface area contributed by atoms with Crippen LogP contribution in [0.25, 0.3) is 0 Å². The molecule has 1 amide bonds. The van der Waals surface area contributed by atoms with E-state index < -0.39 is 0 Å². The lowest BCUT2D eigenvalue weighted by Crippen LogP contribution is -2.30. The molecule has 0 unspecified atom stereocenters. The van der Waals surface area contributed by atoms with Crippen molar-refractivity contribution in [3.63, 3.8) is 0 Å². The van der Waals surface area contributed by atoms with Gasteiger partial charge in [0.2, 0.25) is 0 Å². The van der Waals surface area contributed by atoms with Crippen LogP contribution in [-0.4, -0.2) is 25.1 Å². The summed E-state index contributed by atoms with van der Waals surface area (Å²) in [5.41, 5.74) is 0.904. The fourth-order valence-electron chi connectivity index (χ4n) is 1.59. The van der Waals surface area contributed by atoms with E-state index in [-0.39, 0.29) is 18.9 Å². The smallest absolute Gasteiger partial charge is 0.257 e. The SMILES string of the molecule is CC(C)NCc1cc(Cl)ccc1OCC(=O)NCCC#N. The molecule has 5 nitrogen and oxygen atoms in total. The van der Waals surface area contributed by atoms with Gasteiger partial charge < -0.3 is 15.4 Å². The van der Waals surface area contributed by atoms with Crippen molar-refractivity contribution >= 4 is 17.5 Å². The number of nitriles is 1.